The van der Waals surface area contributed by atoms with Crippen LogP contribution in [0.5, 0.6) is 0 Å². The van der Waals surface area contributed by atoms with Crippen molar-refractivity contribution in [3.05, 3.63) is 108 Å². The fourth-order valence-electron chi connectivity index (χ4n) is 5.79. The van der Waals surface area contributed by atoms with E-state index in [-0.39, 0.29) is 5.82 Å². The Morgan fingerprint density at radius 3 is 2.22 bits per heavy atom. The fraction of sp³-hybridized carbons (Fsp3) is 0.171. The van der Waals surface area contributed by atoms with Crippen molar-refractivity contribution in [2.24, 2.45) is 0 Å². The second-order valence-corrected chi connectivity index (χ2v) is 11.1. The zero-order valence-corrected chi connectivity index (χ0v) is 23.4. The van der Waals surface area contributed by atoms with E-state index in [9.17, 15) is 4.39 Å². The molecule has 0 radical (unpaired) electrons. The van der Waals surface area contributed by atoms with Crippen molar-refractivity contribution in [2.45, 2.75) is 39.5 Å². The summed E-state index contributed by atoms with van der Waals surface area (Å²) < 4.78 is 22.3. The van der Waals surface area contributed by atoms with Crippen LogP contribution in [-0.2, 0) is 0 Å². The summed E-state index contributed by atoms with van der Waals surface area (Å²) in [5, 5.41) is 2.02. The molecule has 4 aromatic carbocycles. The molecule has 0 amide bonds. The van der Waals surface area contributed by atoms with Crippen LogP contribution in [0.4, 0.5) is 4.39 Å². The van der Waals surface area contributed by atoms with E-state index < -0.39 is 0 Å². The number of hydrogen-bond donors (Lipinski definition) is 0. The van der Waals surface area contributed by atoms with Crippen LogP contribution in [0.2, 0.25) is 0 Å². The first kappa shape index (κ1) is 25.1. The molecule has 0 N–H and O–H groups in total. The van der Waals surface area contributed by atoms with Crippen molar-refractivity contribution < 1.29 is 8.81 Å². The Balaban J connectivity index is 1.52. The standard InChI is InChI=1S/C35H29FN4O/c1-20(2)25-7-5-8-26(21(3)4)32(25)40-34(39-30-18-37-19-38-35(30)40)29-10-6-9-28-27-16-13-23(17-31(27)41-33(28)29)22-11-14-24(36)15-12-22/h5-21H,1-4H3. The summed E-state index contributed by atoms with van der Waals surface area (Å²) in [6, 6.07) is 25.4. The first-order valence-electron chi connectivity index (χ1n) is 13.9. The quantitative estimate of drug-likeness (QED) is 0.218. The summed E-state index contributed by atoms with van der Waals surface area (Å²) in [6.07, 6.45) is 3.35. The lowest BCUT2D eigenvalue weighted by molar-refractivity contribution is 0.628. The number of nitrogens with zero attached hydrogens (tertiary/aromatic N) is 4. The highest BCUT2D eigenvalue weighted by Crippen LogP contribution is 2.41. The van der Waals surface area contributed by atoms with Crippen molar-refractivity contribution >= 4 is 33.1 Å². The minimum Gasteiger partial charge on any atom is -0.455 e. The number of hydrogen-bond acceptors (Lipinski definition) is 4. The topological polar surface area (TPSA) is 56.7 Å². The second-order valence-electron chi connectivity index (χ2n) is 11.1. The highest BCUT2D eigenvalue weighted by molar-refractivity contribution is 6.10. The van der Waals surface area contributed by atoms with E-state index >= 15 is 0 Å². The molecule has 0 spiro atoms. The van der Waals surface area contributed by atoms with Gasteiger partial charge in [-0.15, -0.1) is 0 Å². The molecule has 5 nitrogen and oxygen atoms in total. The van der Waals surface area contributed by atoms with Crippen LogP contribution in [0.25, 0.3) is 61.3 Å². The van der Waals surface area contributed by atoms with Crippen molar-refractivity contribution in [1.29, 1.82) is 0 Å². The number of benzene rings is 4. The third kappa shape index (κ3) is 4.10. The lowest BCUT2D eigenvalue weighted by atomic mass is 9.92. The summed E-state index contributed by atoms with van der Waals surface area (Å²) in [7, 11) is 0. The molecule has 0 aliphatic heterocycles. The smallest absolute Gasteiger partial charge is 0.168 e. The van der Waals surface area contributed by atoms with Crippen LogP contribution in [0.3, 0.4) is 0 Å². The Morgan fingerprint density at radius 1 is 0.780 bits per heavy atom. The normalized spacial score (nSPS) is 12.0. The van der Waals surface area contributed by atoms with Crippen molar-refractivity contribution in [2.75, 3.05) is 0 Å². The van der Waals surface area contributed by atoms with Crippen LogP contribution in [0.1, 0.15) is 50.7 Å². The molecule has 0 atom stereocenters. The Kier molecular flexibility index (Phi) is 5.93. The molecule has 3 aromatic heterocycles. The number of aromatic nitrogens is 4. The van der Waals surface area contributed by atoms with E-state index in [0.717, 1.165) is 61.3 Å². The number of para-hydroxylation sites is 2. The van der Waals surface area contributed by atoms with Crippen LogP contribution in [-0.4, -0.2) is 19.5 Å². The Hall–Kier alpha value is -4.84. The molecule has 0 aliphatic rings. The van der Waals surface area contributed by atoms with Crippen LogP contribution in [0.15, 0.2) is 95.8 Å². The lowest BCUT2D eigenvalue weighted by Crippen LogP contribution is -2.09. The maximum atomic E-state index is 13.5. The maximum Gasteiger partial charge on any atom is 0.168 e. The molecule has 7 aromatic rings. The first-order valence-corrected chi connectivity index (χ1v) is 13.9. The van der Waals surface area contributed by atoms with Crippen LogP contribution >= 0.6 is 0 Å². The van der Waals surface area contributed by atoms with Gasteiger partial charge in [-0.25, -0.2) is 19.3 Å². The van der Waals surface area contributed by atoms with E-state index in [1.807, 2.05) is 12.1 Å². The molecule has 3 heterocycles. The lowest BCUT2D eigenvalue weighted by Gasteiger charge is -2.22. The largest absolute Gasteiger partial charge is 0.455 e. The van der Waals surface area contributed by atoms with E-state index in [1.54, 1.807) is 24.7 Å². The van der Waals surface area contributed by atoms with Crippen LogP contribution in [0, 0.1) is 5.82 Å². The number of imidazole rings is 1. The van der Waals surface area contributed by atoms with Gasteiger partial charge in [0.15, 0.2) is 11.5 Å². The van der Waals surface area contributed by atoms with Crippen molar-refractivity contribution in [1.82, 2.24) is 19.5 Å². The van der Waals surface area contributed by atoms with Gasteiger partial charge in [0, 0.05) is 10.8 Å². The molecule has 0 saturated heterocycles. The molecular formula is C35H29FN4O. The van der Waals surface area contributed by atoms with Gasteiger partial charge < -0.3 is 4.42 Å². The van der Waals surface area contributed by atoms with E-state index in [2.05, 4.69) is 79.7 Å². The van der Waals surface area contributed by atoms with Gasteiger partial charge in [0.05, 0.1) is 17.4 Å². The maximum absolute atomic E-state index is 13.5. The van der Waals surface area contributed by atoms with Crippen molar-refractivity contribution in [3.63, 3.8) is 0 Å². The van der Waals surface area contributed by atoms with Crippen molar-refractivity contribution in [3.8, 4) is 28.2 Å². The molecule has 7 rings (SSSR count). The number of halogens is 1. The SMILES string of the molecule is CC(C)c1cccc(C(C)C)c1-n1c(-c2cccc3c2oc2cc(-c4ccc(F)cc4)ccc23)nc2cncnc21. The summed E-state index contributed by atoms with van der Waals surface area (Å²) in [4.78, 5) is 14.1. The molecule has 0 saturated carbocycles. The molecule has 0 aliphatic carbocycles. The van der Waals surface area contributed by atoms with Gasteiger partial charge in [-0.05, 0) is 64.4 Å². The highest BCUT2D eigenvalue weighted by atomic mass is 19.1. The van der Waals surface area contributed by atoms with E-state index in [1.165, 1.54) is 23.3 Å². The van der Waals surface area contributed by atoms with Gasteiger partial charge >= 0.3 is 0 Å². The first-order chi connectivity index (χ1) is 19.9. The number of furan rings is 1. The summed E-state index contributed by atoms with van der Waals surface area (Å²) in [5.41, 5.74) is 9.37. The molecule has 202 valence electrons. The second kappa shape index (κ2) is 9.66. The zero-order chi connectivity index (χ0) is 28.2. The van der Waals surface area contributed by atoms with Gasteiger partial charge in [-0.3, -0.25) is 4.57 Å². The molecule has 41 heavy (non-hydrogen) atoms. The third-order valence-electron chi connectivity index (χ3n) is 7.81. The molecule has 0 bridgehead atoms. The predicted octanol–water partition coefficient (Wildman–Crippen LogP) is 9.43. The van der Waals surface area contributed by atoms with E-state index in [4.69, 9.17) is 14.4 Å². The predicted molar refractivity (Wildman–Crippen MR) is 163 cm³/mol. The average molecular weight is 541 g/mol. The summed E-state index contributed by atoms with van der Waals surface area (Å²) >= 11 is 0. The molecule has 6 heteroatoms. The zero-order valence-electron chi connectivity index (χ0n) is 23.4. The number of rotatable bonds is 5. The highest BCUT2D eigenvalue weighted by Gasteiger charge is 2.25. The Morgan fingerprint density at radius 2 is 1.49 bits per heavy atom. The number of fused-ring (bicyclic) bond motifs is 4. The van der Waals surface area contributed by atoms with Gasteiger partial charge in [-0.2, -0.15) is 0 Å². The minimum atomic E-state index is -0.254. The van der Waals surface area contributed by atoms with E-state index in [0.29, 0.717) is 11.8 Å². The van der Waals surface area contributed by atoms with Gasteiger partial charge in [0.1, 0.15) is 28.8 Å². The molecular weight excluding hydrogens is 511 g/mol. The molecule has 0 unspecified atom stereocenters. The Labute approximate surface area is 237 Å². The summed E-state index contributed by atoms with van der Waals surface area (Å²) in [6.45, 7) is 8.87. The fourth-order valence-corrected chi connectivity index (χ4v) is 5.79. The van der Waals surface area contributed by atoms with Gasteiger partial charge in [0.2, 0.25) is 0 Å². The van der Waals surface area contributed by atoms with Gasteiger partial charge in [-0.1, -0.05) is 76.2 Å². The molecule has 0 fully saturated rings. The Bertz CT molecular complexity index is 2040. The average Bonchev–Trinajstić information content (AvgIpc) is 3.55. The monoisotopic (exact) mass is 540 g/mol. The third-order valence-corrected chi connectivity index (χ3v) is 7.81. The van der Waals surface area contributed by atoms with Gasteiger partial charge in [0.25, 0.3) is 0 Å². The van der Waals surface area contributed by atoms with Crippen LogP contribution < -0.4 is 0 Å². The summed E-state index contributed by atoms with van der Waals surface area (Å²) in [5.74, 6) is 1.10. The minimum absolute atomic E-state index is 0.254.